The number of nitrogens with zero attached hydrogens (tertiary/aromatic N) is 1. The van der Waals surface area contributed by atoms with E-state index in [4.69, 9.17) is 26.3 Å². The predicted molar refractivity (Wildman–Crippen MR) is 128 cm³/mol. The Morgan fingerprint density at radius 2 is 1.68 bits per heavy atom. The van der Waals surface area contributed by atoms with Crippen LogP contribution in [0.25, 0.3) is 0 Å². The molecule has 2 aromatic rings. The third kappa shape index (κ3) is 6.07. The van der Waals surface area contributed by atoms with E-state index in [1.54, 1.807) is 38.1 Å². The lowest BCUT2D eigenvalue weighted by Crippen LogP contribution is -2.32. The Kier molecular flexibility index (Phi) is 8.51. The fraction of sp³-hybridized carbons (Fsp3) is 0.222. The van der Waals surface area contributed by atoms with E-state index >= 15 is 0 Å². The molecule has 0 aromatic heterocycles. The summed E-state index contributed by atoms with van der Waals surface area (Å²) in [5.74, 6) is 3.79. The number of nitriles is 1. The highest BCUT2D eigenvalue weighted by molar-refractivity contribution is 6.30. The van der Waals surface area contributed by atoms with Crippen molar-refractivity contribution in [1.29, 1.82) is 5.26 Å². The van der Waals surface area contributed by atoms with Gasteiger partial charge in [0.2, 0.25) is 0 Å². The van der Waals surface area contributed by atoms with Crippen LogP contribution in [0.1, 0.15) is 37.3 Å². The average molecular weight is 475 g/mol. The van der Waals surface area contributed by atoms with Crippen LogP contribution in [0.4, 0.5) is 0 Å². The van der Waals surface area contributed by atoms with Crippen LogP contribution >= 0.6 is 11.6 Å². The van der Waals surface area contributed by atoms with E-state index in [1.807, 2.05) is 36.4 Å². The minimum atomic E-state index is -0.760. The molecule has 1 aliphatic heterocycles. The molecule has 1 aliphatic rings. The second-order valence-electron chi connectivity index (χ2n) is 7.48. The summed E-state index contributed by atoms with van der Waals surface area (Å²) in [6, 6.07) is 18.2. The van der Waals surface area contributed by atoms with Gasteiger partial charge in [0.25, 0.3) is 0 Å². The van der Waals surface area contributed by atoms with Crippen molar-refractivity contribution in [2.45, 2.75) is 26.2 Å². The smallest absolute Gasteiger partial charge is 0.337 e. The van der Waals surface area contributed by atoms with E-state index in [0.717, 1.165) is 5.56 Å². The fourth-order valence-electron chi connectivity index (χ4n) is 3.66. The molecule has 0 spiro atoms. The number of rotatable bonds is 6. The molecule has 0 bridgehead atoms. The van der Waals surface area contributed by atoms with Gasteiger partial charge in [0.1, 0.15) is 6.61 Å². The molecule has 1 atom stereocenters. The maximum Gasteiger partial charge on any atom is 0.337 e. The van der Waals surface area contributed by atoms with Crippen molar-refractivity contribution in [3.8, 4) is 17.9 Å². The van der Waals surface area contributed by atoms with E-state index < -0.39 is 17.9 Å². The minimum Gasteiger partial charge on any atom is -0.461 e. The van der Waals surface area contributed by atoms with Crippen molar-refractivity contribution < 1.29 is 19.1 Å². The summed E-state index contributed by atoms with van der Waals surface area (Å²) in [5.41, 5.74) is 3.07. The van der Waals surface area contributed by atoms with Gasteiger partial charge in [-0.15, -0.1) is 0 Å². The molecule has 7 heteroatoms. The van der Waals surface area contributed by atoms with Gasteiger partial charge in [-0.1, -0.05) is 53.8 Å². The van der Waals surface area contributed by atoms with Gasteiger partial charge in [-0.25, -0.2) is 9.59 Å². The van der Waals surface area contributed by atoms with Gasteiger partial charge in [-0.3, -0.25) is 0 Å². The Morgan fingerprint density at radius 1 is 1.00 bits per heavy atom. The number of hydrogen-bond donors (Lipinski definition) is 1. The van der Waals surface area contributed by atoms with Gasteiger partial charge in [-0.05, 0) is 43.7 Å². The van der Waals surface area contributed by atoms with Crippen molar-refractivity contribution in [1.82, 2.24) is 5.32 Å². The molecule has 172 valence electrons. The molecule has 0 fully saturated rings. The maximum atomic E-state index is 13.2. The predicted octanol–water partition coefficient (Wildman–Crippen LogP) is 4.63. The highest BCUT2D eigenvalue weighted by Gasteiger charge is 2.38. The zero-order chi connectivity index (χ0) is 24.5. The van der Waals surface area contributed by atoms with E-state index in [9.17, 15) is 9.59 Å². The number of hydrogen-bond acceptors (Lipinski definition) is 6. The number of esters is 2. The summed E-state index contributed by atoms with van der Waals surface area (Å²) in [6.45, 7) is 3.31. The Bertz CT molecular complexity index is 1250. The number of allylic oxidation sites excluding steroid dienone is 2. The number of nitrogens with one attached hydrogen (secondary N) is 1. The number of halogens is 1. The first-order valence-corrected chi connectivity index (χ1v) is 11.0. The maximum absolute atomic E-state index is 13.2. The van der Waals surface area contributed by atoms with E-state index in [2.05, 4.69) is 17.2 Å². The molecule has 1 N–H and O–H groups in total. The van der Waals surface area contributed by atoms with Crippen LogP contribution in [0, 0.1) is 23.2 Å². The molecule has 3 rings (SSSR count). The topological polar surface area (TPSA) is 88.4 Å². The molecule has 0 radical (unpaired) electrons. The molecule has 0 saturated heterocycles. The minimum absolute atomic E-state index is 0.0497. The van der Waals surface area contributed by atoms with Crippen molar-refractivity contribution >= 4 is 23.5 Å². The van der Waals surface area contributed by atoms with E-state index in [1.165, 1.54) is 0 Å². The molecule has 0 saturated carbocycles. The molecule has 1 heterocycles. The van der Waals surface area contributed by atoms with Crippen molar-refractivity contribution in [3.63, 3.8) is 0 Å². The number of dihydropyridines is 1. The highest BCUT2D eigenvalue weighted by atomic mass is 35.5. The monoisotopic (exact) mass is 474 g/mol. The summed E-state index contributed by atoms with van der Waals surface area (Å²) < 4.78 is 10.8. The standard InChI is InChI=1S/C27H23ClN2O4/c1-18-23(26(31)33-15-7-11-20-9-4-3-5-10-20)25(21-12-6-13-22(28)17-21)24(19(2)30-18)27(32)34-16-8-14-29/h3-6,9-10,12-13,17,25,30H,8,15-16H2,1-2H3. The number of carbonyl (C=O) groups excluding carboxylic acids is 2. The lowest BCUT2D eigenvalue weighted by molar-refractivity contribution is -0.139. The highest BCUT2D eigenvalue weighted by Crippen LogP contribution is 2.39. The number of benzene rings is 2. The summed E-state index contributed by atoms with van der Waals surface area (Å²) in [4.78, 5) is 26.2. The molecular formula is C27H23ClN2O4. The first-order valence-electron chi connectivity index (χ1n) is 10.6. The first kappa shape index (κ1) is 24.6. The molecule has 6 nitrogen and oxygen atoms in total. The Morgan fingerprint density at radius 3 is 2.32 bits per heavy atom. The van der Waals surface area contributed by atoms with Crippen LogP contribution in [0.5, 0.6) is 0 Å². The van der Waals surface area contributed by atoms with Crippen LogP contribution in [0.3, 0.4) is 0 Å². The normalized spacial score (nSPS) is 14.9. The number of ether oxygens (including phenoxy) is 2. The Balaban J connectivity index is 1.91. The molecule has 1 unspecified atom stereocenters. The zero-order valence-corrected chi connectivity index (χ0v) is 19.6. The lowest BCUT2D eigenvalue weighted by atomic mass is 9.80. The first-order chi connectivity index (χ1) is 16.4. The van der Waals surface area contributed by atoms with E-state index in [0.29, 0.717) is 22.0 Å². The van der Waals surface area contributed by atoms with Crippen LogP contribution in [-0.4, -0.2) is 25.2 Å². The Labute approximate surface area is 203 Å². The summed E-state index contributed by atoms with van der Waals surface area (Å²) >= 11 is 6.22. The van der Waals surface area contributed by atoms with Crippen molar-refractivity contribution in [3.05, 3.63) is 93.3 Å². The zero-order valence-electron chi connectivity index (χ0n) is 18.9. The molecule has 0 aliphatic carbocycles. The van der Waals surface area contributed by atoms with Crippen LogP contribution in [0.15, 0.2) is 77.1 Å². The molecule has 34 heavy (non-hydrogen) atoms. The van der Waals surface area contributed by atoms with Crippen LogP contribution < -0.4 is 5.32 Å². The Hall–Kier alpha value is -4.00. The van der Waals surface area contributed by atoms with Crippen molar-refractivity contribution in [2.75, 3.05) is 13.2 Å². The third-order valence-corrected chi connectivity index (χ3v) is 5.35. The molecule has 0 amide bonds. The molecular weight excluding hydrogens is 452 g/mol. The summed E-state index contributed by atoms with van der Waals surface area (Å²) in [7, 11) is 0. The average Bonchev–Trinajstić information content (AvgIpc) is 2.82. The van der Waals surface area contributed by atoms with Crippen LogP contribution in [-0.2, 0) is 19.1 Å². The second-order valence-corrected chi connectivity index (χ2v) is 7.91. The fourth-order valence-corrected chi connectivity index (χ4v) is 3.86. The second kappa shape index (κ2) is 11.7. The van der Waals surface area contributed by atoms with E-state index in [-0.39, 0.29) is 30.8 Å². The van der Waals surface area contributed by atoms with Gasteiger partial charge in [0, 0.05) is 22.0 Å². The summed E-state index contributed by atoms with van der Waals surface area (Å²) in [5, 5.41) is 12.3. The van der Waals surface area contributed by atoms with Crippen molar-refractivity contribution in [2.24, 2.45) is 0 Å². The molecule has 2 aromatic carbocycles. The van der Waals surface area contributed by atoms with Crippen LogP contribution in [0.2, 0.25) is 5.02 Å². The summed E-state index contributed by atoms with van der Waals surface area (Å²) in [6.07, 6.45) is 0.0666. The van der Waals surface area contributed by atoms with Gasteiger partial charge >= 0.3 is 11.9 Å². The van der Waals surface area contributed by atoms with Gasteiger partial charge in [-0.2, -0.15) is 5.26 Å². The SMILES string of the molecule is CC1=C(C(=O)OCC#Cc2ccccc2)C(c2cccc(Cl)c2)C(C(=O)OCCC#N)=C(C)N1. The van der Waals surface area contributed by atoms with Gasteiger partial charge < -0.3 is 14.8 Å². The van der Waals surface area contributed by atoms with Gasteiger partial charge in [0.05, 0.1) is 29.6 Å². The quantitative estimate of drug-likeness (QED) is 0.373. The van der Waals surface area contributed by atoms with Gasteiger partial charge in [0.15, 0.2) is 6.61 Å². The number of carbonyl (C=O) groups is 2. The lowest BCUT2D eigenvalue weighted by Gasteiger charge is -2.30. The third-order valence-electron chi connectivity index (χ3n) is 5.11. The largest absolute Gasteiger partial charge is 0.461 e.